The molecule has 148 valence electrons. The van der Waals surface area contributed by atoms with Gasteiger partial charge in [-0.2, -0.15) is 5.10 Å². The fraction of sp³-hybridized carbons (Fsp3) is 0.190. The molecule has 0 radical (unpaired) electrons. The smallest absolute Gasteiger partial charge is 0.199 e. The Balaban J connectivity index is 1.52. The van der Waals surface area contributed by atoms with Gasteiger partial charge in [0.1, 0.15) is 5.82 Å². The molecule has 0 aliphatic heterocycles. The summed E-state index contributed by atoms with van der Waals surface area (Å²) in [5.74, 6) is 3.88. The Morgan fingerprint density at radius 3 is 2.66 bits per heavy atom. The van der Waals surface area contributed by atoms with E-state index in [2.05, 4.69) is 20.4 Å². The van der Waals surface area contributed by atoms with Gasteiger partial charge in [0.2, 0.25) is 0 Å². The first-order valence-electron chi connectivity index (χ1n) is 9.14. The van der Waals surface area contributed by atoms with Gasteiger partial charge in [-0.1, -0.05) is 6.07 Å². The van der Waals surface area contributed by atoms with Gasteiger partial charge in [0.15, 0.2) is 28.9 Å². The quantitative estimate of drug-likeness (QED) is 0.491. The molecule has 8 heteroatoms. The maximum absolute atomic E-state index is 5.46. The molecule has 4 aromatic rings. The standard InChI is InChI=1S/C21H21N5O3/c1-27-16-7-6-15(13-18(16)28-2)8-10-22-19-14-20(26-11-4-9-23-26)25-21(24-19)17-5-3-12-29-17/h3-7,9,11-14H,8,10H2,1-2H3,(H,22,24,25). The number of rotatable bonds is 8. The lowest BCUT2D eigenvalue weighted by Gasteiger charge is -2.11. The summed E-state index contributed by atoms with van der Waals surface area (Å²) in [5.41, 5.74) is 1.13. The number of nitrogens with one attached hydrogen (secondary N) is 1. The Kier molecular flexibility index (Phi) is 5.42. The molecule has 0 aliphatic rings. The van der Waals surface area contributed by atoms with Crippen molar-refractivity contribution in [3.8, 4) is 28.9 Å². The Labute approximate surface area is 168 Å². The molecule has 3 aromatic heterocycles. The molecule has 29 heavy (non-hydrogen) atoms. The van der Waals surface area contributed by atoms with Gasteiger partial charge >= 0.3 is 0 Å². The third kappa shape index (κ3) is 4.21. The van der Waals surface area contributed by atoms with Gasteiger partial charge in [-0.05, 0) is 42.3 Å². The van der Waals surface area contributed by atoms with Crippen LogP contribution in [0.3, 0.4) is 0 Å². The van der Waals surface area contributed by atoms with Gasteiger partial charge in [-0.25, -0.2) is 14.6 Å². The number of aromatic nitrogens is 4. The molecule has 0 atom stereocenters. The van der Waals surface area contributed by atoms with Crippen LogP contribution < -0.4 is 14.8 Å². The number of benzene rings is 1. The molecule has 0 saturated heterocycles. The molecule has 4 rings (SSSR count). The van der Waals surface area contributed by atoms with Gasteiger partial charge in [0, 0.05) is 25.0 Å². The van der Waals surface area contributed by atoms with E-state index in [4.69, 9.17) is 13.9 Å². The van der Waals surface area contributed by atoms with Crippen LogP contribution in [0.1, 0.15) is 5.56 Å². The van der Waals surface area contributed by atoms with Gasteiger partial charge in [0.05, 0.1) is 20.5 Å². The van der Waals surface area contributed by atoms with Crippen molar-refractivity contribution in [1.82, 2.24) is 19.7 Å². The van der Waals surface area contributed by atoms with Crippen molar-refractivity contribution in [2.75, 3.05) is 26.1 Å². The van der Waals surface area contributed by atoms with Gasteiger partial charge < -0.3 is 19.2 Å². The first kappa shape index (κ1) is 18.5. The SMILES string of the molecule is COc1ccc(CCNc2cc(-n3cccn3)nc(-c3ccco3)n2)cc1OC. The average molecular weight is 391 g/mol. The largest absolute Gasteiger partial charge is 0.493 e. The van der Waals surface area contributed by atoms with Crippen molar-refractivity contribution >= 4 is 5.82 Å². The number of hydrogen-bond donors (Lipinski definition) is 1. The summed E-state index contributed by atoms with van der Waals surface area (Å²) in [7, 11) is 3.26. The van der Waals surface area contributed by atoms with Crippen LogP contribution in [0.4, 0.5) is 5.82 Å². The molecule has 0 saturated carbocycles. The summed E-state index contributed by atoms with van der Waals surface area (Å²) >= 11 is 0. The lowest BCUT2D eigenvalue weighted by molar-refractivity contribution is 0.354. The summed E-state index contributed by atoms with van der Waals surface area (Å²) < 4.78 is 17.8. The predicted molar refractivity (Wildman–Crippen MR) is 109 cm³/mol. The van der Waals surface area contributed by atoms with Crippen LogP contribution in [-0.2, 0) is 6.42 Å². The lowest BCUT2D eigenvalue weighted by atomic mass is 10.1. The highest BCUT2D eigenvalue weighted by molar-refractivity contribution is 5.54. The normalized spacial score (nSPS) is 10.7. The molecular formula is C21H21N5O3. The van der Waals surface area contributed by atoms with Crippen molar-refractivity contribution in [3.05, 3.63) is 66.7 Å². The van der Waals surface area contributed by atoms with Crippen LogP contribution >= 0.6 is 0 Å². The molecule has 0 spiro atoms. The molecule has 0 bridgehead atoms. The van der Waals surface area contributed by atoms with E-state index in [-0.39, 0.29) is 0 Å². The second kappa shape index (κ2) is 8.47. The molecule has 0 fully saturated rings. The van der Waals surface area contributed by atoms with E-state index in [1.165, 1.54) is 0 Å². The maximum Gasteiger partial charge on any atom is 0.199 e. The maximum atomic E-state index is 5.46. The van der Waals surface area contributed by atoms with Crippen molar-refractivity contribution in [1.29, 1.82) is 0 Å². The van der Waals surface area contributed by atoms with E-state index in [0.717, 1.165) is 12.0 Å². The van der Waals surface area contributed by atoms with E-state index in [1.54, 1.807) is 31.4 Å². The molecule has 0 amide bonds. The van der Waals surface area contributed by atoms with Crippen LogP contribution in [0.2, 0.25) is 0 Å². The van der Waals surface area contributed by atoms with E-state index in [9.17, 15) is 0 Å². The predicted octanol–water partition coefficient (Wildman–Crippen LogP) is 3.59. The minimum absolute atomic E-state index is 0.497. The fourth-order valence-corrected chi connectivity index (χ4v) is 2.93. The Bertz CT molecular complexity index is 1010. The summed E-state index contributed by atoms with van der Waals surface area (Å²) in [4.78, 5) is 9.13. The highest BCUT2D eigenvalue weighted by atomic mass is 16.5. The number of anilines is 1. The Morgan fingerprint density at radius 1 is 1.03 bits per heavy atom. The van der Waals surface area contributed by atoms with E-state index < -0.39 is 0 Å². The van der Waals surface area contributed by atoms with Gasteiger partial charge in [-0.3, -0.25) is 0 Å². The Morgan fingerprint density at radius 2 is 1.93 bits per heavy atom. The fourth-order valence-electron chi connectivity index (χ4n) is 2.93. The second-order valence-corrected chi connectivity index (χ2v) is 6.23. The zero-order chi connectivity index (χ0) is 20.1. The van der Waals surface area contributed by atoms with Gasteiger partial charge in [0.25, 0.3) is 0 Å². The van der Waals surface area contributed by atoms with Crippen LogP contribution in [-0.4, -0.2) is 40.5 Å². The highest BCUT2D eigenvalue weighted by Gasteiger charge is 2.11. The van der Waals surface area contributed by atoms with E-state index >= 15 is 0 Å². The van der Waals surface area contributed by atoms with Crippen molar-refractivity contribution in [2.45, 2.75) is 6.42 Å². The van der Waals surface area contributed by atoms with Crippen LogP contribution in [0.5, 0.6) is 11.5 Å². The van der Waals surface area contributed by atoms with Gasteiger partial charge in [-0.15, -0.1) is 0 Å². The molecule has 3 heterocycles. The van der Waals surface area contributed by atoms with Crippen molar-refractivity contribution < 1.29 is 13.9 Å². The van der Waals surface area contributed by atoms with Crippen LogP contribution in [0.25, 0.3) is 17.4 Å². The molecular weight excluding hydrogens is 370 g/mol. The average Bonchev–Trinajstić information content (AvgIpc) is 3.47. The Hall–Kier alpha value is -3.81. The molecule has 8 nitrogen and oxygen atoms in total. The molecule has 1 N–H and O–H groups in total. The number of methoxy groups -OCH3 is 2. The number of nitrogens with zero attached hydrogens (tertiary/aromatic N) is 4. The summed E-state index contributed by atoms with van der Waals surface area (Å²) in [6.45, 7) is 0.683. The molecule has 0 aliphatic carbocycles. The monoisotopic (exact) mass is 391 g/mol. The topological polar surface area (TPSA) is 87.2 Å². The second-order valence-electron chi connectivity index (χ2n) is 6.23. The summed E-state index contributed by atoms with van der Waals surface area (Å²) in [5, 5.41) is 7.61. The third-order valence-electron chi connectivity index (χ3n) is 4.36. The molecule has 1 aromatic carbocycles. The molecule has 0 unspecified atom stereocenters. The summed E-state index contributed by atoms with van der Waals surface area (Å²) in [6, 6.07) is 13.2. The van der Waals surface area contributed by atoms with Crippen LogP contribution in [0, 0.1) is 0 Å². The van der Waals surface area contributed by atoms with Crippen LogP contribution in [0.15, 0.2) is 65.5 Å². The van der Waals surface area contributed by atoms with Crippen molar-refractivity contribution in [3.63, 3.8) is 0 Å². The minimum atomic E-state index is 0.497. The first-order valence-corrected chi connectivity index (χ1v) is 9.14. The third-order valence-corrected chi connectivity index (χ3v) is 4.36. The zero-order valence-corrected chi connectivity index (χ0v) is 16.2. The number of ether oxygens (including phenoxy) is 2. The zero-order valence-electron chi connectivity index (χ0n) is 16.2. The number of furan rings is 1. The first-order chi connectivity index (χ1) is 14.3. The summed E-state index contributed by atoms with van der Waals surface area (Å²) in [6.07, 6.45) is 5.93. The van der Waals surface area contributed by atoms with Crippen molar-refractivity contribution in [2.24, 2.45) is 0 Å². The van der Waals surface area contributed by atoms with E-state index in [0.29, 0.717) is 41.3 Å². The highest BCUT2D eigenvalue weighted by Crippen LogP contribution is 2.27. The lowest BCUT2D eigenvalue weighted by Crippen LogP contribution is -2.09. The number of hydrogen-bond acceptors (Lipinski definition) is 7. The van der Waals surface area contributed by atoms with E-state index in [1.807, 2.05) is 48.7 Å². The minimum Gasteiger partial charge on any atom is -0.493 e.